The fraction of sp³-hybridized carbons (Fsp3) is 0.600. The minimum atomic E-state index is -0.366. The molecule has 0 heterocycles. The van der Waals surface area contributed by atoms with Crippen LogP contribution >= 0.6 is 0 Å². The van der Waals surface area contributed by atoms with Gasteiger partial charge >= 0.3 is 0 Å². The minimum absolute atomic E-state index is 0.117. The monoisotopic (exact) mass is 269 g/mol. The maximum Gasteiger partial charge on any atom is 0.128 e. The quantitative estimate of drug-likeness (QED) is 0.883. The summed E-state index contributed by atoms with van der Waals surface area (Å²) in [5.41, 5.74) is 0.586. The van der Waals surface area contributed by atoms with Crippen molar-refractivity contribution < 1.29 is 13.5 Å². The topological polar surface area (TPSA) is 21.3 Å². The Morgan fingerprint density at radius 2 is 2.00 bits per heavy atom. The molecule has 0 amide bonds. The molecule has 0 saturated heterocycles. The van der Waals surface area contributed by atoms with Crippen molar-refractivity contribution in [1.82, 2.24) is 5.32 Å². The van der Waals surface area contributed by atoms with E-state index in [4.69, 9.17) is 4.74 Å². The zero-order valence-corrected chi connectivity index (χ0v) is 11.7. The predicted octanol–water partition coefficient (Wildman–Crippen LogP) is 3.49. The molecule has 4 heteroatoms. The zero-order valence-electron chi connectivity index (χ0n) is 11.7. The molecule has 0 aliphatic heterocycles. The van der Waals surface area contributed by atoms with E-state index in [2.05, 4.69) is 5.32 Å². The van der Waals surface area contributed by atoms with E-state index in [-0.39, 0.29) is 23.3 Å². The molecular weight excluding hydrogens is 248 g/mol. The van der Waals surface area contributed by atoms with Crippen molar-refractivity contribution in [3.05, 3.63) is 34.9 Å². The summed E-state index contributed by atoms with van der Waals surface area (Å²) in [5, 5.41) is 3.25. The fourth-order valence-corrected chi connectivity index (χ4v) is 2.47. The second-order valence-corrected chi connectivity index (χ2v) is 5.47. The van der Waals surface area contributed by atoms with Crippen LogP contribution in [0.5, 0.6) is 0 Å². The van der Waals surface area contributed by atoms with Crippen LogP contribution < -0.4 is 5.32 Å². The fourth-order valence-electron chi connectivity index (χ4n) is 2.47. The molecule has 1 aliphatic rings. The summed E-state index contributed by atoms with van der Waals surface area (Å²) in [7, 11) is 1.71. The molecule has 0 bridgehead atoms. The van der Waals surface area contributed by atoms with Gasteiger partial charge in [0.05, 0.1) is 5.60 Å². The van der Waals surface area contributed by atoms with Gasteiger partial charge in [0.2, 0.25) is 0 Å². The number of aryl methyl sites for hydroxylation is 1. The van der Waals surface area contributed by atoms with Gasteiger partial charge in [0.25, 0.3) is 0 Å². The van der Waals surface area contributed by atoms with Gasteiger partial charge in [0.1, 0.15) is 11.6 Å². The van der Waals surface area contributed by atoms with E-state index >= 15 is 0 Å². The molecule has 1 aromatic carbocycles. The Bertz CT molecular complexity index is 452. The minimum Gasteiger partial charge on any atom is -0.377 e. The highest BCUT2D eigenvalue weighted by Crippen LogP contribution is 2.35. The van der Waals surface area contributed by atoms with Crippen molar-refractivity contribution in [3.63, 3.8) is 0 Å². The number of nitrogens with one attached hydrogen (secondary N) is 1. The van der Waals surface area contributed by atoms with Gasteiger partial charge in [-0.3, -0.25) is 0 Å². The molecule has 19 heavy (non-hydrogen) atoms. The molecule has 1 N–H and O–H groups in total. The highest BCUT2D eigenvalue weighted by molar-refractivity contribution is 5.27. The van der Waals surface area contributed by atoms with Crippen LogP contribution in [-0.4, -0.2) is 19.3 Å². The van der Waals surface area contributed by atoms with Crippen molar-refractivity contribution in [3.8, 4) is 0 Å². The van der Waals surface area contributed by atoms with Crippen LogP contribution in [0.15, 0.2) is 12.1 Å². The average Bonchev–Trinajstić information content (AvgIpc) is 2.32. The largest absolute Gasteiger partial charge is 0.377 e. The van der Waals surface area contributed by atoms with E-state index in [1.54, 1.807) is 14.0 Å². The van der Waals surface area contributed by atoms with Gasteiger partial charge in [-0.2, -0.15) is 0 Å². The standard InChI is InChI=1S/C15H21F2NO/c1-10-7-14(17)12(8-13(10)16)11(2)18-9-15(19-3)5-4-6-15/h7-8,11,18H,4-6,9H2,1-3H3. The molecule has 1 aromatic rings. The molecule has 1 fully saturated rings. The lowest BCUT2D eigenvalue weighted by Crippen LogP contribution is -2.48. The van der Waals surface area contributed by atoms with Gasteiger partial charge in [-0.25, -0.2) is 8.78 Å². The van der Waals surface area contributed by atoms with Gasteiger partial charge in [0, 0.05) is 25.3 Å². The SMILES string of the molecule is COC1(CNC(C)c2cc(F)c(C)cc2F)CCC1. The third-order valence-corrected chi connectivity index (χ3v) is 4.17. The maximum atomic E-state index is 13.8. The van der Waals surface area contributed by atoms with E-state index in [0.717, 1.165) is 19.3 Å². The lowest BCUT2D eigenvalue weighted by molar-refractivity contribution is -0.0707. The Kier molecular flexibility index (Phi) is 4.21. The van der Waals surface area contributed by atoms with Crippen LogP contribution in [0.2, 0.25) is 0 Å². The van der Waals surface area contributed by atoms with Crippen molar-refractivity contribution in [2.75, 3.05) is 13.7 Å². The van der Waals surface area contributed by atoms with Gasteiger partial charge in [-0.15, -0.1) is 0 Å². The van der Waals surface area contributed by atoms with Gasteiger partial charge in [0.15, 0.2) is 0 Å². The van der Waals surface area contributed by atoms with E-state index in [9.17, 15) is 8.78 Å². The number of halogens is 2. The third-order valence-electron chi connectivity index (χ3n) is 4.17. The summed E-state index contributed by atoms with van der Waals surface area (Å²) in [6.07, 6.45) is 3.21. The Morgan fingerprint density at radius 1 is 1.32 bits per heavy atom. The smallest absolute Gasteiger partial charge is 0.128 e. The number of hydrogen-bond acceptors (Lipinski definition) is 2. The molecule has 2 nitrogen and oxygen atoms in total. The second kappa shape index (κ2) is 5.55. The summed E-state index contributed by atoms with van der Waals surface area (Å²) in [4.78, 5) is 0. The normalized spacial score (nSPS) is 19.0. The molecule has 0 radical (unpaired) electrons. The van der Waals surface area contributed by atoms with E-state index in [1.807, 2.05) is 6.92 Å². The first kappa shape index (κ1) is 14.4. The van der Waals surface area contributed by atoms with Crippen molar-refractivity contribution >= 4 is 0 Å². The molecule has 0 spiro atoms. The van der Waals surface area contributed by atoms with Crippen molar-refractivity contribution in [2.45, 2.75) is 44.8 Å². The third kappa shape index (κ3) is 2.95. The Hall–Kier alpha value is -1.00. The molecule has 2 rings (SSSR count). The van der Waals surface area contributed by atoms with Gasteiger partial charge in [-0.05, 0) is 50.8 Å². The molecule has 0 aromatic heterocycles. The molecular formula is C15H21F2NO. The molecule has 106 valence electrons. The Morgan fingerprint density at radius 3 is 2.53 bits per heavy atom. The summed E-state index contributed by atoms with van der Waals surface area (Å²) in [6, 6.07) is 2.30. The van der Waals surface area contributed by atoms with E-state index in [0.29, 0.717) is 17.7 Å². The van der Waals surface area contributed by atoms with Crippen LogP contribution in [0, 0.1) is 18.6 Å². The van der Waals surface area contributed by atoms with Gasteiger partial charge < -0.3 is 10.1 Å². The summed E-state index contributed by atoms with van der Waals surface area (Å²) >= 11 is 0. The van der Waals surface area contributed by atoms with E-state index in [1.165, 1.54) is 12.1 Å². The summed E-state index contributed by atoms with van der Waals surface area (Å²) in [5.74, 6) is -0.728. The van der Waals surface area contributed by atoms with Crippen molar-refractivity contribution in [1.29, 1.82) is 0 Å². The number of ether oxygens (including phenoxy) is 1. The first-order valence-corrected chi connectivity index (χ1v) is 6.71. The highest BCUT2D eigenvalue weighted by Gasteiger charge is 2.37. The average molecular weight is 269 g/mol. The van der Waals surface area contributed by atoms with Crippen LogP contribution in [0.4, 0.5) is 8.78 Å². The van der Waals surface area contributed by atoms with Crippen LogP contribution in [0.25, 0.3) is 0 Å². The highest BCUT2D eigenvalue weighted by atomic mass is 19.1. The number of rotatable bonds is 5. The maximum absolute atomic E-state index is 13.8. The lowest BCUT2D eigenvalue weighted by Gasteiger charge is -2.41. The molecule has 1 aliphatic carbocycles. The van der Waals surface area contributed by atoms with Gasteiger partial charge in [-0.1, -0.05) is 0 Å². The number of hydrogen-bond donors (Lipinski definition) is 1. The first-order chi connectivity index (χ1) is 8.97. The molecule has 1 saturated carbocycles. The zero-order chi connectivity index (χ0) is 14.0. The summed E-state index contributed by atoms with van der Waals surface area (Å²) in [6.45, 7) is 4.07. The number of methoxy groups -OCH3 is 1. The first-order valence-electron chi connectivity index (χ1n) is 6.71. The Balaban J connectivity index is 2.03. The Labute approximate surface area is 113 Å². The lowest BCUT2D eigenvalue weighted by atomic mass is 9.79. The predicted molar refractivity (Wildman–Crippen MR) is 71.1 cm³/mol. The summed E-state index contributed by atoms with van der Waals surface area (Å²) < 4.78 is 32.9. The number of benzene rings is 1. The van der Waals surface area contributed by atoms with E-state index < -0.39 is 0 Å². The molecule has 1 atom stereocenters. The van der Waals surface area contributed by atoms with Crippen molar-refractivity contribution in [2.24, 2.45) is 0 Å². The van der Waals surface area contributed by atoms with Crippen LogP contribution in [0.3, 0.4) is 0 Å². The van der Waals surface area contributed by atoms with Crippen LogP contribution in [0.1, 0.15) is 43.4 Å². The van der Waals surface area contributed by atoms with Crippen LogP contribution in [-0.2, 0) is 4.74 Å². The second-order valence-electron chi connectivity index (χ2n) is 5.47. The molecule has 1 unspecified atom stereocenters.